The number of pyridine rings is 1. The molecule has 2 aromatic heterocycles. The average Bonchev–Trinajstić information content (AvgIpc) is 3.39. The summed E-state index contributed by atoms with van der Waals surface area (Å²) in [4.78, 5) is 19.3. The Hall–Kier alpha value is -3.81. The van der Waals surface area contributed by atoms with Gasteiger partial charge in [-0.05, 0) is 85.5 Å². The molecule has 0 unspecified atom stereocenters. The minimum absolute atomic E-state index is 0.154. The topological polar surface area (TPSA) is 79.7 Å². The van der Waals surface area contributed by atoms with Crippen molar-refractivity contribution in [3.8, 4) is 0 Å². The number of aromatic amines is 1. The highest BCUT2D eigenvalue weighted by molar-refractivity contribution is 6.30. The predicted molar refractivity (Wildman–Crippen MR) is 156 cm³/mol. The molecular weight excluding hydrogens is 508 g/mol. The van der Waals surface area contributed by atoms with Gasteiger partial charge in [0.2, 0.25) is 0 Å². The van der Waals surface area contributed by atoms with Gasteiger partial charge in [0.15, 0.2) is 5.82 Å². The summed E-state index contributed by atoms with van der Waals surface area (Å²) in [6.07, 6.45) is 0. The molecule has 0 aliphatic heterocycles. The summed E-state index contributed by atoms with van der Waals surface area (Å²) in [5.74, 6) is 0.613. The maximum Gasteiger partial charge on any atom is 0.253 e. The Morgan fingerprint density at radius 1 is 0.923 bits per heavy atom. The van der Waals surface area contributed by atoms with Crippen LogP contribution < -0.4 is 5.56 Å². The first-order valence-corrected chi connectivity index (χ1v) is 13.4. The lowest BCUT2D eigenvalue weighted by Gasteiger charge is -2.33. The molecule has 8 heteroatoms. The van der Waals surface area contributed by atoms with Gasteiger partial charge < -0.3 is 4.98 Å². The van der Waals surface area contributed by atoms with Crippen molar-refractivity contribution < 1.29 is 0 Å². The number of fused-ring (bicyclic) bond motifs is 1. The fourth-order valence-corrected chi connectivity index (χ4v) is 5.14. The molecule has 0 spiro atoms. The van der Waals surface area contributed by atoms with E-state index in [1.807, 2.05) is 66.2 Å². The summed E-state index contributed by atoms with van der Waals surface area (Å²) in [5.41, 5.74) is 5.21. The zero-order valence-electron chi connectivity index (χ0n) is 22.9. The van der Waals surface area contributed by atoms with Crippen LogP contribution in [0.5, 0.6) is 0 Å². The number of tetrazole rings is 1. The molecule has 7 nitrogen and oxygen atoms in total. The van der Waals surface area contributed by atoms with Gasteiger partial charge in [0.25, 0.3) is 5.56 Å². The van der Waals surface area contributed by atoms with Gasteiger partial charge in [0.05, 0.1) is 11.1 Å². The van der Waals surface area contributed by atoms with Crippen LogP contribution in [0.2, 0.25) is 5.02 Å². The normalized spacial score (nSPS) is 12.8. The third-order valence-electron chi connectivity index (χ3n) is 7.03. The van der Waals surface area contributed by atoms with Crippen LogP contribution in [0.15, 0.2) is 77.6 Å². The van der Waals surface area contributed by atoms with E-state index in [4.69, 9.17) is 11.6 Å². The molecule has 5 aromatic rings. The molecule has 3 aromatic carbocycles. The van der Waals surface area contributed by atoms with Crippen LogP contribution in [0.25, 0.3) is 10.9 Å². The van der Waals surface area contributed by atoms with Crippen LogP contribution in [0.3, 0.4) is 0 Å². The number of aromatic nitrogens is 5. The van der Waals surface area contributed by atoms with E-state index < -0.39 is 11.6 Å². The van der Waals surface area contributed by atoms with Gasteiger partial charge in [-0.25, -0.2) is 4.68 Å². The van der Waals surface area contributed by atoms with Crippen molar-refractivity contribution in [1.29, 1.82) is 0 Å². The van der Waals surface area contributed by atoms with Crippen molar-refractivity contribution in [2.24, 2.45) is 0 Å². The Balaban J connectivity index is 1.76. The second kappa shape index (κ2) is 10.8. The Morgan fingerprint density at radius 2 is 1.56 bits per heavy atom. The van der Waals surface area contributed by atoms with Crippen molar-refractivity contribution in [2.75, 3.05) is 0 Å². The molecule has 39 heavy (non-hydrogen) atoms. The molecule has 1 N–H and O–H groups in total. The maximum absolute atomic E-state index is 13.9. The average molecular weight is 541 g/mol. The van der Waals surface area contributed by atoms with Crippen molar-refractivity contribution in [3.63, 3.8) is 0 Å². The van der Waals surface area contributed by atoms with E-state index in [0.717, 1.165) is 33.2 Å². The Labute approximate surface area is 233 Å². The maximum atomic E-state index is 13.9. The van der Waals surface area contributed by atoms with E-state index in [9.17, 15) is 4.79 Å². The third kappa shape index (κ3) is 5.65. The molecule has 0 radical (unpaired) electrons. The van der Waals surface area contributed by atoms with Crippen LogP contribution in [-0.4, -0.2) is 30.1 Å². The molecule has 2 heterocycles. The largest absolute Gasteiger partial charge is 0.321 e. The minimum Gasteiger partial charge on any atom is -0.321 e. The number of H-pyrrole nitrogens is 1. The molecular formula is C31H33ClN6O. The molecule has 0 fully saturated rings. The van der Waals surface area contributed by atoms with E-state index >= 15 is 0 Å². The highest BCUT2D eigenvalue weighted by atomic mass is 35.5. The first kappa shape index (κ1) is 26.8. The molecule has 0 aliphatic rings. The first-order chi connectivity index (χ1) is 18.6. The van der Waals surface area contributed by atoms with Crippen molar-refractivity contribution in [3.05, 3.63) is 122 Å². The molecule has 200 valence electrons. The smallest absolute Gasteiger partial charge is 0.253 e. The number of rotatable bonds is 7. The molecule has 0 aliphatic carbocycles. The molecule has 5 rings (SSSR count). The highest BCUT2D eigenvalue weighted by Crippen LogP contribution is 2.33. The fourth-order valence-electron chi connectivity index (χ4n) is 5.02. The second-order valence-electron chi connectivity index (χ2n) is 11.1. The number of benzene rings is 3. The quantitative estimate of drug-likeness (QED) is 0.261. The number of halogens is 1. The summed E-state index contributed by atoms with van der Waals surface area (Å²) in [6.45, 7) is 11.4. The van der Waals surface area contributed by atoms with Crippen LogP contribution in [0, 0.1) is 13.8 Å². The predicted octanol–water partition coefficient (Wildman–Crippen LogP) is 6.33. The van der Waals surface area contributed by atoms with Gasteiger partial charge in [-0.15, -0.1) is 5.10 Å². The Kier molecular flexibility index (Phi) is 7.38. The van der Waals surface area contributed by atoms with Crippen molar-refractivity contribution in [2.45, 2.75) is 59.3 Å². The monoisotopic (exact) mass is 540 g/mol. The lowest BCUT2D eigenvalue weighted by molar-refractivity contribution is 0.184. The molecule has 1 atom stereocenters. The highest BCUT2D eigenvalue weighted by Gasteiger charge is 2.33. The van der Waals surface area contributed by atoms with Gasteiger partial charge in [0, 0.05) is 29.1 Å². The minimum atomic E-state index is -0.525. The van der Waals surface area contributed by atoms with Gasteiger partial charge in [0.1, 0.15) is 6.04 Å². The fraction of sp³-hybridized carbons (Fsp3) is 0.290. The summed E-state index contributed by atoms with van der Waals surface area (Å²) in [7, 11) is 0. The van der Waals surface area contributed by atoms with Crippen LogP contribution in [0.4, 0.5) is 0 Å². The lowest BCUT2D eigenvalue weighted by atomic mass is 9.98. The summed E-state index contributed by atoms with van der Waals surface area (Å²) < 4.78 is 1.82. The molecule has 0 saturated carbocycles. The second-order valence-corrected chi connectivity index (χ2v) is 11.5. The van der Waals surface area contributed by atoms with E-state index in [-0.39, 0.29) is 5.56 Å². The molecule has 0 amide bonds. The number of nitrogens with zero attached hydrogens (tertiary/aromatic N) is 5. The van der Waals surface area contributed by atoms with E-state index in [0.29, 0.717) is 29.5 Å². The van der Waals surface area contributed by atoms with Gasteiger partial charge in [-0.3, -0.25) is 9.69 Å². The SMILES string of the molecule is Cc1ccc(C)c2[nH]c(=O)c([C@H](c3nnnn3C(C)(C)C)N(Cc3ccccc3)Cc3ccc(Cl)cc3)cc12. The van der Waals surface area contributed by atoms with E-state index in [1.165, 1.54) is 0 Å². The molecule has 0 bridgehead atoms. The van der Waals surface area contributed by atoms with Crippen molar-refractivity contribution in [1.82, 2.24) is 30.1 Å². The van der Waals surface area contributed by atoms with Gasteiger partial charge >= 0.3 is 0 Å². The van der Waals surface area contributed by atoms with Crippen LogP contribution in [-0.2, 0) is 18.6 Å². The number of aryl methyl sites for hydroxylation is 2. The Morgan fingerprint density at radius 3 is 2.23 bits per heavy atom. The zero-order valence-corrected chi connectivity index (χ0v) is 23.7. The standard InChI is InChI=1S/C31H33ClN6O/c1-20-11-12-21(2)27-25(20)17-26(30(39)33-27)28(29-34-35-36-38(29)31(3,4)5)37(18-22-9-7-6-8-10-22)19-23-13-15-24(32)16-14-23/h6-17,28H,18-19H2,1-5H3,(H,33,39)/t28-/m1/s1. The third-order valence-corrected chi connectivity index (χ3v) is 7.29. The lowest BCUT2D eigenvalue weighted by Crippen LogP contribution is -2.37. The van der Waals surface area contributed by atoms with Crippen LogP contribution in [0.1, 0.15) is 60.5 Å². The number of hydrogen-bond acceptors (Lipinski definition) is 5. The number of hydrogen-bond donors (Lipinski definition) is 1. The summed E-state index contributed by atoms with van der Waals surface area (Å²) in [5, 5.41) is 14.7. The molecule has 0 saturated heterocycles. The zero-order chi connectivity index (χ0) is 27.7. The Bertz CT molecular complexity index is 1650. The number of nitrogens with one attached hydrogen (secondary N) is 1. The summed E-state index contributed by atoms with van der Waals surface area (Å²) >= 11 is 6.20. The van der Waals surface area contributed by atoms with E-state index in [2.05, 4.69) is 71.3 Å². The van der Waals surface area contributed by atoms with Gasteiger partial charge in [-0.1, -0.05) is 66.2 Å². The summed E-state index contributed by atoms with van der Waals surface area (Å²) in [6, 6.07) is 23.7. The van der Waals surface area contributed by atoms with E-state index in [1.54, 1.807) is 0 Å². The first-order valence-electron chi connectivity index (χ1n) is 13.1. The van der Waals surface area contributed by atoms with Crippen molar-refractivity contribution >= 4 is 22.5 Å². The van der Waals surface area contributed by atoms with Crippen LogP contribution >= 0.6 is 11.6 Å². The van der Waals surface area contributed by atoms with Gasteiger partial charge in [-0.2, -0.15) is 0 Å².